The summed E-state index contributed by atoms with van der Waals surface area (Å²) in [5.74, 6) is 0. The summed E-state index contributed by atoms with van der Waals surface area (Å²) in [7, 11) is -3.77. The van der Waals surface area contributed by atoms with Crippen molar-refractivity contribution >= 4 is 7.60 Å². The lowest BCUT2D eigenvalue weighted by atomic mass is 9.98. The van der Waals surface area contributed by atoms with Gasteiger partial charge in [-0.3, -0.25) is 4.57 Å². The second kappa shape index (κ2) is 10.9. The van der Waals surface area contributed by atoms with Crippen LogP contribution in [0.25, 0.3) is 0 Å². The first-order valence-corrected chi connectivity index (χ1v) is 11.3. The minimum absolute atomic E-state index is 0.0142. The largest absolute Gasteiger partial charge is 0.388 e. The average Bonchev–Trinajstić information content (AvgIpc) is 2.57. The normalized spacial score (nSPS) is 30.9. The Labute approximate surface area is 173 Å². The van der Waals surface area contributed by atoms with E-state index >= 15 is 0 Å². The van der Waals surface area contributed by atoms with Crippen LogP contribution in [0.4, 0.5) is 0 Å². The molecule has 0 aromatic carbocycles. The molecule has 11 heteroatoms. The molecule has 0 radical (unpaired) electrons. The standard InChI is InChI=1S/C18H38NO9P/c1-17(2,3)26-9-8-25-16-13(19)15(21)14(20)12(28-16)11-24-7-10-27-29(22,23)18(4,5)6/h12-16,20-21H,7-11,19H2,1-6H3,(H,22,23). The van der Waals surface area contributed by atoms with E-state index in [1.54, 1.807) is 20.8 Å². The molecule has 0 spiro atoms. The van der Waals surface area contributed by atoms with E-state index in [0.717, 1.165) is 0 Å². The summed E-state index contributed by atoms with van der Waals surface area (Å²) in [6.07, 6.45) is -4.31. The predicted octanol–water partition coefficient (Wildman–Crippen LogP) is 0.609. The van der Waals surface area contributed by atoms with E-state index in [1.165, 1.54) is 0 Å². The maximum atomic E-state index is 12.0. The highest BCUT2D eigenvalue weighted by Gasteiger charge is 2.43. The summed E-state index contributed by atoms with van der Waals surface area (Å²) >= 11 is 0. The fourth-order valence-electron chi connectivity index (χ4n) is 2.37. The summed E-state index contributed by atoms with van der Waals surface area (Å²) in [5.41, 5.74) is 5.58. The summed E-state index contributed by atoms with van der Waals surface area (Å²) in [6, 6.07) is -0.925. The predicted molar refractivity (Wildman–Crippen MR) is 107 cm³/mol. The molecule has 1 heterocycles. The third-order valence-electron chi connectivity index (χ3n) is 4.27. The van der Waals surface area contributed by atoms with Gasteiger partial charge < -0.3 is 44.3 Å². The molecule has 29 heavy (non-hydrogen) atoms. The fraction of sp³-hybridized carbons (Fsp3) is 1.00. The minimum Gasteiger partial charge on any atom is -0.388 e. The van der Waals surface area contributed by atoms with E-state index in [-0.39, 0.29) is 32.0 Å². The number of rotatable bonds is 10. The van der Waals surface area contributed by atoms with Crippen molar-refractivity contribution in [2.45, 2.75) is 82.9 Å². The van der Waals surface area contributed by atoms with Crippen molar-refractivity contribution in [2.75, 3.05) is 33.0 Å². The lowest BCUT2D eigenvalue weighted by molar-refractivity contribution is -0.271. The third-order valence-corrected chi connectivity index (χ3v) is 6.50. The van der Waals surface area contributed by atoms with Gasteiger partial charge in [0.15, 0.2) is 6.29 Å². The van der Waals surface area contributed by atoms with Crippen molar-refractivity contribution in [3.05, 3.63) is 0 Å². The molecule has 0 aromatic rings. The third kappa shape index (κ3) is 8.86. The zero-order chi connectivity index (χ0) is 22.5. The minimum atomic E-state index is -3.77. The van der Waals surface area contributed by atoms with Gasteiger partial charge in [-0.2, -0.15) is 0 Å². The van der Waals surface area contributed by atoms with Gasteiger partial charge in [-0.1, -0.05) is 0 Å². The van der Waals surface area contributed by atoms with Crippen LogP contribution in [0.15, 0.2) is 0 Å². The highest BCUT2D eigenvalue weighted by Crippen LogP contribution is 2.54. The highest BCUT2D eigenvalue weighted by molar-refractivity contribution is 7.54. The molecule has 5 N–H and O–H groups in total. The molecule has 1 fully saturated rings. The lowest BCUT2D eigenvalue weighted by Gasteiger charge is -2.41. The van der Waals surface area contributed by atoms with Crippen LogP contribution in [0.1, 0.15) is 41.5 Å². The Hall–Kier alpha value is -0.130. The maximum Gasteiger partial charge on any atom is 0.333 e. The van der Waals surface area contributed by atoms with Gasteiger partial charge in [0.2, 0.25) is 0 Å². The Bertz CT molecular complexity index is 534. The van der Waals surface area contributed by atoms with E-state index in [1.807, 2.05) is 20.8 Å². The van der Waals surface area contributed by atoms with Crippen molar-refractivity contribution in [3.8, 4) is 0 Å². The molecule has 1 rings (SSSR count). The molecule has 174 valence electrons. The van der Waals surface area contributed by atoms with Gasteiger partial charge >= 0.3 is 7.60 Å². The Morgan fingerprint density at radius 2 is 1.62 bits per heavy atom. The van der Waals surface area contributed by atoms with Gasteiger partial charge in [0.05, 0.1) is 49.8 Å². The van der Waals surface area contributed by atoms with Crippen LogP contribution >= 0.6 is 7.60 Å². The Balaban J connectivity index is 2.43. The molecule has 10 nitrogen and oxygen atoms in total. The van der Waals surface area contributed by atoms with Crippen molar-refractivity contribution in [1.29, 1.82) is 0 Å². The number of aliphatic hydroxyl groups is 2. The van der Waals surface area contributed by atoms with Gasteiger partial charge in [-0.05, 0) is 41.5 Å². The fourth-order valence-corrected chi connectivity index (χ4v) is 3.07. The van der Waals surface area contributed by atoms with Crippen LogP contribution in [-0.2, 0) is 28.0 Å². The molecule has 6 atom stereocenters. The van der Waals surface area contributed by atoms with Crippen LogP contribution in [0, 0.1) is 0 Å². The molecule has 6 unspecified atom stereocenters. The molecule has 0 aromatic heterocycles. The summed E-state index contributed by atoms with van der Waals surface area (Å²) < 4.78 is 39.2. The molecular formula is C18H38NO9P. The first-order valence-electron chi connectivity index (χ1n) is 9.73. The topological polar surface area (TPSA) is 150 Å². The number of hydrogen-bond donors (Lipinski definition) is 4. The SMILES string of the molecule is CC(C)(C)OCCOC1OC(COCCOP(=O)(O)C(C)(C)C)C(O)C(O)C1N. The molecule has 1 aliphatic rings. The molecule has 0 aliphatic carbocycles. The zero-order valence-corrected chi connectivity index (χ0v) is 19.1. The van der Waals surface area contributed by atoms with Crippen molar-refractivity contribution in [3.63, 3.8) is 0 Å². The first kappa shape index (κ1) is 26.9. The Kier molecular flexibility index (Phi) is 10.2. The Morgan fingerprint density at radius 1 is 1.00 bits per heavy atom. The number of ether oxygens (including phenoxy) is 4. The summed E-state index contributed by atoms with van der Waals surface area (Å²) in [5, 5.41) is 19.4. The van der Waals surface area contributed by atoms with E-state index in [2.05, 4.69) is 0 Å². The zero-order valence-electron chi connectivity index (χ0n) is 18.2. The molecule has 0 amide bonds. The van der Waals surface area contributed by atoms with Gasteiger partial charge in [-0.15, -0.1) is 0 Å². The second-order valence-electron chi connectivity index (χ2n) is 9.03. The second-order valence-corrected chi connectivity index (χ2v) is 11.7. The molecule has 0 saturated carbocycles. The molecule has 1 saturated heterocycles. The Morgan fingerprint density at radius 3 is 2.17 bits per heavy atom. The van der Waals surface area contributed by atoms with E-state index < -0.39 is 43.4 Å². The van der Waals surface area contributed by atoms with Crippen molar-refractivity contribution in [1.82, 2.24) is 0 Å². The molecular weight excluding hydrogens is 405 g/mol. The molecule has 0 bridgehead atoms. The van der Waals surface area contributed by atoms with Crippen molar-refractivity contribution in [2.24, 2.45) is 5.73 Å². The number of nitrogens with two attached hydrogens (primary N) is 1. The quantitative estimate of drug-likeness (QED) is 0.279. The summed E-state index contributed by atoms with van der Waals surface area (Å²) in [6.45, 7) is 11.0. The van der Waals surface area contributed by atoms with Crippen LogP contribution in [0.2, 0.25) is 0 Å². The average molecular weight is 443 g/mol. The van der Waals surface area contributed by atoms with Crippen LogP contribution in [0.3, 0.4) is 0 Å². The van der Waals surface area contributed by atoms with Gasteiger partial charge in [0.1, 0.15) is 18.3 Å². The van der Waals surface area contributed by atoms with E-state index in [4.69, 9.17) is 29.2 Å². The number of aliphatic hydroxyl groups excluding tert-OH is 2. The summed E-state index contributed by atoms with van der Waals surface area (Å²) in [4.78, 5) is 9.83. The number of hydrogen-bond acceptors (Lipinski definition) is 9. The van der Waals surface area contributed by atoms with Gasteiger partial charge in [-0.25, -0.2) is 0 Å². The van der Waals surface area contributed by atoms with Crippen LogP contribution in [0.5, 0.6) is 0 Å². The maximum absolute atomic E-state index is 12.0. The first-order chi connectivity index (χ1) is 13.2. The smallest absolute Gasteiger partial charge is 0.333 e. The lowest BCUT2D eigenvalue weighted by Crippen LogP contribution is -2.62. The van der Waals surface area contributed by atoms with Gasteiger partial charge in [0.25, 0.3) is 0 Å². The van der Waals surface area contributed by atoms with Crippen LogP contribution in [-0.4, -0.2) is 89.5 Å². The van der Waals surface area contributed by atoms with E-state index in [9.17, 15) is 19.7 Å². The van der Waals surface area contributed by atoms with Crippen LogP contribution < -0.4 is 5.73 Å². The highest BCUT2D eigenvalue weighted by atomic mass is 31.2. The van der Waals surface area contributed by atoms with E-state index in [0.29, 0.717) is 6.61 Å². The van der Waals surface area contributed by atoms with Gasteiger partial charge in [0, 0.05) is 0 Å². The monoisotopic (exact) mass is 443 g/mol. The molecule has 1 aliphatic heterocycles. The van der Waals surface area contributed by atoms with Crippen molar-refractivity contribution < 1.29 is 43.1 Å².